The van der Waals surface area contributed by atoms with E-state index < -0.39 is 5.91 Å². The number of pyridine rings is 1. The van der Waals surface area contributed by atoms with Crippen LogP contribution in [0.3, 0.4) is 0 Å². The zero-order chi connectivity index (χ0) is 18.7. The Labute approximate surface area is 156 Å². The van der Waals surface area contributed by atoms with Gasteiger partial charge < -0.3 is 14.3 Å². The molecule has 1 amide bonds. The second-order valence-electron chi connectivity index (χ2n) is 5.92. The summed E-state index contributed by atoms with van der Waals surface area (Å²) in [6.07, 6.45) is 2.13. The maximum atomic E-state index is 12.8. The van der Waals surface area contributed by atoms with Gasteiger partial charge in [0.2, 0.25) is 0 Å². The predicted molar refractivity (Wildman–Crippen MR) is 102 cm³/mol. The summed E-state index contributed by atoms with van der Waals surface area (Å²) in [5, 5.41) is 3.16. The van der Waals surface area contributed by atoms with E-state index in [2.05, 4.69) is 5.32 Å². The number of hydrogen-bond donors (Lipinski definition) is 1. The Morgan fingerprint density at radius 2 is 2.00 bits per heavy atom. The summed E-state index contributed by atoms with van der Waals surface area (Å²) in [6.45, 7) is 4.22. The van der Waals surface area contributed by atoms with E-state index in [-0.39, 0.29) is 11.0 Å². The first-order valence-corrected chi connectivity index (χ1v) is 8.70. The predicted octanol–water partition coefficient (Wildman–Crippen LogP) is 4.27. The maximum Gasteiger partial charge on any atom is 0.261 e. The van der Waals surface area contributed by atoms with E-state index in [1.807, 2.05) is 30.5 Å². The fraction of sp³-hybridized carbons (Fsp3) is 0.200. The van der Waals surface area contributed by atoms with Crippen LogP contribution in [0.1, 0.15) is 34.4 Å². The third kappa shape index (κ3) is 3.58. The molecule has 3 rings (SSSR count). The number of anilines is 1. The van der Waals surface area contributed by atoms with Crippen LogP contribution in [-0.2, 0) is 13.0 Å². The molecule has 26 heavy (non-hydrogen) atoms. The first-order chi connectivity index (χ1) is 12.5. The number of carbonyl (C=O) groups is 1. The highest BCUT2D eigenvalue weighted by Crippen LogP contribution is 2.22. The van der Waals surface area contributed by atoms with Gasteiger partial charge in [0.15, 0.2) is 5.43 Å². The van der Waals surface area contributed by atoms with Crippen molar-refractivity contribution in [2.24, 2.45) is 0 Å². The van der Waals surface area contributed by atoms with Crippen LogP contribution in [0.25, 0.3) is 0 Å². The van der Waals surface area contributed by atoms with Crippen molar-refractivity contribution in [3.8, 4) is 0 Å². The first-order valence-electron chi connectivity index (χ1n) is 8.32. The molecule has 2 aromatic heterocycles. The number of para-hydroxylation sites is 1. The van der Waals surface area contributed by atoms with Gasteiger partial charge in [-0.05, 0) is 37.6 Å². The summed E-state index contributed by atoms with van der Waals surface area (Å²) < 4.78 is 7.35. The fourth-order valence-electron chi connectivity index (χ4n) is 2.97. The second kappa shape index (κ2) is 7.62. The van der Waals surface area contributed by atoms with E-state index in [0.29, 0.717) is 29.4 Å². The van der Waals surface area contributed by atoms with E-state index >= 15 is 0 Å². The molecule has 1 N–H and O–H groups in total. The van der Waals surface area contributed by atoms with Crippen molar-refractivity contribution in [2.75, 3.05) is 5.32 Å². The number of nitrogens with zero attached hydrogens (tertiary/aromatic N) is 1. The van der Waals surface area contributed by atoms with Gasteiger partial charge in [-0.15, -0.1) is 0 Å². The highest BCUT2D eigenvalue weighted by Gasteiger charge is 2.20. The van der Waals surface area contributed by atoms with Gasteiger partial charge in [0.05, 0.1) is 23.5 Å². The molecule has 2 heterocycles. The van der Waals surface area contributed by atoms with Gasteiger partial charge >= 0.3 is 0 Å². The van der Waals surface area contributed by atoms with Gasteiger partial charge in [-0.25, -0.2) is 0 Å². The van der Waals surface area contributed by atoms with Gasteiger partial charge in [0, 0.05) is 17.5 Å². The highest BCUT2D eigenvalue weighted by atomic mass is 35.5. The van der Waals surface area contributed by atoms with Crippen LogP contribution in [0.4, 0.5) is 5.69 Å². The first kappa shape index (κ1) is 18.0. The molecule has 0 aliphatic heterocycles. The van der Waals surface area contributed by atoms with Crippen molar-refractivity contribution in [3.63, 3.8) is 0 Å². The third-order valence-corrected chi connectivity index (χ3v) is 4.53. The summed E-state index contributed by atoms with van der Waals surface area (Å²) >= 11 is 6.11. The molecule has 0 radical (unpaired) electrons. The zero-order valence-corrected chi connectivity index (χ0v) is 15.3. The van der Waals surface area contributed by atoms with Crippen molar-refractivity contribution in [1.82, 2.24) is 4.57 Å². The lowest BCUT2D eigenvalue weighted by molar-refractivity contribution is 0.102. The Morgan fingerprint density at radius 1 is 1.23 bits per heavy atom. The van der Waals surface area contributed by atoms with Crippen LogP contribution in [0.5, 0.6) is 0 Å². The Bertz CT molecular complexity index is 991. The van der Waals surface area contributed by atoms with Crippen molar-refractivity contribution in [1.29, 1.82) is 0 Å². The molecule has 0 aliphatic rings. The normalized spacial score (nSPS) is 10.7. The van der Waals surface area contributed by atoms with Gasteiger partial charge in [-0.1, -0.05) is 30.7 Å². The largest absolute Gasteiger partial charge is 0.467 e. The van der Waals surface area contributed by atoms with E-state index in [4.69, 9.17) is 16.0 Å². The Morgan fingerprint density at radius 3 is 2.65 bits per heavy atom. The molecule has 0 unspecified atom stereocenters. The van der Waals surface area contributed by atoms with Crippen LogP contribution in [0.2, 0.25) is 5.02 Å². The molecule has 134 valence electrons. The van der Waals surface area contributed by atoms with Gasteiger partial charge in [-0.2, -0.15) is 0 Å². The van der Waals surface area contributed by atoms with Crippen LogP contribution < -0.4 is 10.7 Å². The molecule has 5 nitrogen and oxygen atoms in total. The third-order valence-electron chi connectivity index (χ3n) is 4.20. The fourth-order valence-corrected chi connectivity index (χ4v) is 3.15. The van der Waals surface area contributed by atoms with E-state index in [9.17, 15) is 9.59 Å². The number of nitrogens with one attached hydrogen (secondary N) is 1. The van der Waals surface area contributed by atoms with Crippen LogP contribution >= 0.6 is 11.6 Å². The molecule has 0 fully saturated rings. The number of carbonyl (C=O) groups excluding carboxylic acids is 1. The quantitative estimate of drug-likeness (QED) is 0.729. The average Bonchev–Trinajstić information content (AvgIpc) is 3.12. The van der Waals surface area contributed by atoms with Crippen molar-refractivity contribution < 1.29 is 9.21 Å². The van der Waals surface area contributed by atoms with Crippen LogP contribution in [0, 0.1) is 6.92 Å². The van der Waals surface area contributed by atoms with Gasteiger partial charge in [-0.3, -0.25) is 9.59 Å². The monoisotopic (exact) mass is 370 g/mol. The lowest BCUT2D eigenvalue weighted by atomic mass is 10.1. The van der Waals surface area contributed by atoms with Crippen molar-refractivity contribution >= 4 is 23.2 Å². The maximum absolute atomic E-state index is 12.8. The lowest BCUT2D eigenvalue weighted by Crippen LogP contribution is -2.28. The number of furan rings is 1. The molecule has 3 aromatic rings. The molecule has 0 saturated heterocycles. The van der Waals surface area contributed by atoms with Crippen LogP contribution in [-0.4, -0.2) is 10.5 Å². The van der Waals surface area contributed by atoms with Gasteiger partial charge in [0.1, 0.15) is 11.3 Å². The summed E-state index contributed by atoms with van der Waals surface area (Å²) in [6, 6.07) is 12.1. The molecule has 6 heteroatoms. The smallest absolute Gasteiger partial charge is 0.261 e. The number of aromatic nitrogens is 1. The van der Waals surface area contributed by atoms with E-state index in [0.717, 1.165) is 11.5 Å². The summed E-state index contributed by atoms with van der Waals surface area (Å²) in [5.74, 6) is 0.289. The Hall–Kier alpha value is -2.79. The standard InChI is InChI=1S/C20H19ClN2O3/c1-3-17-19(20(25)22-16-9-5-4-8-15(16)21)18(24)11-13(2)23(17)12-14-7-6-10-26-14/h4-11H,3,12H2,1-2H3,(H,22,25). The number of halogens is 1. The van der Waals surface area contributed by atoms with Crippen LogP contribution in [0.15, 0.2) is 57.9 Å². The molecule has 0 aliphatic carbocycles. The topological polar surface area (TPSA) is 64.2 Å². The molecule has 0 spiro atoms. The summed E-state index contributed by atoms with van der Waals surface area (Å²) in [7, 11) is 0. The van der Waals surface area contributed by atoms with Crippen molar-refractivity contribution in [3.05, 3.63) is 86.7 Å². The second-order valence-corrected chi connectivity index (χ2v) is 6.33. The molecular weight excluding hydrogens is 352 g/mol. The van der Waals surface area contributed by atoms with Crippen molar-refractivity contribution in [2.45, 2.75) is 26.8 Å². The Balaban J connectivity index is 2.04. The molecule has 1 aromatic carbocycles. The lowest BCUT2D eigenvalue weighted by Gasteiger charge is -2.18. The molecular formula is C20H19ClN2O3. The van der Waals surface area contributed by atoms with Gasteiger partial charge in [0.25, 0.3) is 5.91 Å². The number of benzene rings is 1. The summed E-state index contributed by atoms with van der Waals surface area (Å²) in [4.78, 5) is 25.4. The minimum absolute atomic E-state index is 0.129. The number of hydrogen-bond acceptors (Lipinski definition) is 3. The minimum Gasteiger partial charge on any atom is -0.467 e. The highest BCUT2D eigenvalue weighted by molar-refractivity contribution is 6.33. The number of amides is 1. The minimum atomic E-state index is -0.465. The number of aryl methyl sites for hydroxylation is 1. The zero-order valence-electron chi connectivity index (χ0n) is 14.6. The van der Waals surface area contributed by atoms with E-state index in [1.165, 1.54) is 6.07 Å². The SMILES string of the molecule is CCc1c(C(=O)Nc2ccccc2Cl)c(=O)cc(C)n1Cc1ccco1. The molecule has 0 saturated carbocycles. The average molecular weight is 371 g/mol. The Kier molecular flexibility index (Phi) is 5.28. The molecule has 0 bridgehead atoms. The summed E-state index contributed by atoms with van der Waals surface area (Å²) in [5.41, 5.74) is 1.73. The molecule has 0 atom stereocenters. The van der Waals surface area contributed by atoms with E-state index in [1.54, 1.807) is 30.5 Å². The number of rotatable bonds is 5.